The highest BCUT2D eigenvalue weighted by Gasteiger charge is 2.13. The standard InChI is InChI=1S/C20H18N4O/c1-14(15-6-8-17(9-7-15)24-11-10-21-13-24)22-20(25)19-12-16-4-2-3-5-18(16)23-19/h2-14,23H,1H3,(H,22,25). The molecule has 0 spiro atoms. The summed E-state index contributed by atoms with van der Waals surface area (Å²) in [4.78, 5) is 19.7. The maximum absolute atomic E-state index is 12.5. The van der Waals surface area contributed by atoms with Crippen LogP contribution >= 0.6 is 0 Å². The van der Waals surface area contributed by atoms with Crippen molar-refractivity contribution in [2.75, 3.05) is 0 Å². The van der Waals surface area contributed by atoms with Gasteiger partial charge < -0.3 is 14.9 Å². The molecule has 2 aromatic carbocycles. The minimum absolute atomic E-state index is 0.0873. The van der Waals surface area contributed by atoms with E-state index in [4.69, 9.17) is 0 Å². The first kappa shape index (κ1) is 15.2. The number of H-pyrrole nitrogens is 1. The molecule has 5 nitrogen and oxygen atoms in total. The number of nitrogens with one attached hydrogen (secondary N) is 2. The third-order valence-corrected chi connectivity index (χ3v) is 4.32. The summed E-state index contributed by atoms with van der Waals surface area (Å²) in [5.41, 5.74) is 3.62. The average molecular weight is 330 g/mol. The van der Waals surface area contributed by atoms with Gasteiger partial charge in [0.05, 0.1) is 12.4 Å². The molecule has 1 atom stereocenters. The zero-order valence-corrected chi connectivity index (χ0v) is 13.8. The van der Waals surface area contributed by atoms with Gasteiger partial charge in [-0.15, -0.1) is 0 Å². The van der Waals surface area contributed by atoms with E-state index in [0.29, 0.717) is 5.69 Å². The van der Waals surface area contributed by atoms with Gasteiger partial charge in [0.25, 0.3) is 5.91 Å². The third-order valence-electron chi connectivity index (χ3n) is 4.32. The zero-order valence-electron chi connectivity index (χ0n) is 13.8. The van der Waals surface area contributed by atoms with Crippen LogP contribution in [0.2, 0.25) is 0 Å². The van der Waals surface area contributed by atoms with Gasteiger partial charge in [-0.2, -0.15) is 0 Å². The Morgan fingerprint density at radius 3 is 2.68 bits per heavy atom. The summed E-state index contributed by atoms with van der Waals surface area (Å²) < 4.78 is 1.94. The van der Waals surface area contributed by atoms with E-state index < -0.39 is 0 Å². The summed E-state index contributed by atoms with van der Waals surface area (Å²) in [5, 5.41) is 4.07. The van der Waals surface area contributed by atoms with Crippen LogP contribution < -0.4 is 5.32 Å². The van der Waals surface area contributed by atoms with E-state index in [9.17, 15) is 4.79 Å². The molecule has 0 saturated carbocycles. The second kappa shape index (κ2) is 6.28. The molecule has 124 valence electrons. The molecule has 0 saturated heterocycles. The maximum Gasteiger partial charge on any atom is 0.268 e. The van der Waals surface area contributed by atoms with Crippen LogP contribution in [-0.2, 0) is 0 Å². The molecule has 5 heteroatoms. The molecule has 4 aromatic rings. The fourth-order valence-corrected chi connectivity index (χ4v) is 2.90. The molecule has 0 bridgehead atoms. The third kappa shape index (κ3) is 3.04. The van der Waals surface area contributed by atoms with Crippen LogP contribution in [0.3, 0.4) is 0 Å². The number of benzene rings is 2. The molecule has 1 unspecified atom stereocenters. The zero-order chi connectivity index (χ0) is 17.2. The van der Waals surface area contributed by atoms with Crippen LogP contribution in [0.5, 0.6) is 0 Å². The highest BCUT2D eigenvalue weighted by Crippen LogP contribution is 2.18. The molecule has 25 heavy (non-hydrogen) atoms. The van der Waals surface area contributed by atoms with Gasteiger partial charge in [0.2, 0.25) is 0 Å². The van der Waals surface area contributed by atoms with E-state index in [0.717, 1.165) is 22.2 Å². The maximum atomic E-state index is 12.5. The van der Waals surface area contributed by atoms with Crippen LogP contribution in [0.1, 0.15) is 29.0 Å². The lowest BCUT2D eigenvalue weighted by Gasteiger charge is -2.14. The van der Waals surface area contributed by atoms with Crippen LogP contribution in [0.4, 0.5) is 0 Å². The van der Waals surface area contributed by atoms with E-state index in [1.54, 1.807) is 12.5 Å². The van der Waals surface area contributed by atoms with E-state index in [-0.39, 0.29) is 11.9 Å². The second-order valence-electron chi connectivity index (χ2n) is 6.03. The van der Waals surface area contributed by atoms with Crippen molar-refractivity contribution in [2.45, 2.75) is 13.0 Å². The first-order chi connectivity index (χ1) is 12.2. The van der Waals surface area contributed by atoms with E-state index in [1.807, 2.05) is 72.3 Å². The summed E-state index contributed by atoms with van der Waals surface area (Å²) in [6, 6.07) is 17.7. The normalized spacial score (nSPS) is 12.2. The van der Waals surface area contributed by atoms with Crippen LogP contribution in [-0.4, -0.2) is 20.4 Å². The molecule has 4 rings (SSSR count). The van der Waals surface area contributed by atoms with Crippen molar-refractivity contribution in [2.24, 2.45) is 0 Å². The number of aromatic amines is 1. The molecule has 2 heterocycles. The number of carbonyl (C=O) groups excluding carboxylic acids is 1. The molecule has 0 aliphatic carbocycles. The topological polar surface area (TPSA) is 62.7 Å². The Labute approximate surface area is 145 Å². The van der Waals surface area contributed by atoms with Gasteiger partial charge >= 0.3 is 0 Å². The summed E-state index contributed by atoms with van der Waals surface area (Å²) in [6.45, 7) is 1.98. The minimum Gasteiger partial charge on any atom is -0.351 e. The Hall–Kier alpha value is -3.34. The van der Waals surface area contributed by atoms with Gasteiger partial charge in [0.1, 0.15) is 5.69 Å². The van der Waals surface area contributed by atoms with Crippen molar-refractivity contribution in [3.8, 4) is 5.69 Å². The van der Waals surface area contributed by atoms with Crippen LogP contribution in [0, 0.1) is 0 Å². The van der Waals surface area contributed by atoms with Crippen molar-refractivity contribution < 1.29 is 4.79 Å². The minimum atomic E-state index is -0.109. The molecule has 2 aromatic heterocycles. The lowest BCUT2D eigenvalue weighted by Crippen LogP contribution is -2.26. The lowest BCUT2D eigenvalue weighted by atomic mass is 10.1. The predicted molar refractivity (Wildman–Crippen MR) is 97.7 cm³/mol. The molecule has 2 N–H and O–H groups in total. The Bertz CT molecular complexity index is 967. The Morgan fingerprint density at radius 2 is 1.96 bits per heavy atom. The van der Waals surface area contributed by atoms with Gasteiger partial charge in [-0.1, -0.05) is 30.3 Å². The number of hydrogen-bond donors (Lipinski definition) is 2. The van der Waals surface area contributed by atoms with Gasteiger partial charge in [-0.25, -0.2) is 4.98 Å². The molecule has 0 aliphatic rings. The average Bonchev–Trinajstić information content (AvgIpc) is 3.31. The summed E-state index contributed by atoms with van der Waals surface area (Å²) >= 11 is 0. The van der Waals surface area contributed by atoms with Crippen molar-refractivity contribution >= 4 is 16.8 Å². The van der Waals surface area contributed by atoms with Gasteiger partial charge in [0, 0.05) is 29.0 Å². The van der Waals surface area contributed by atoms with Gasteiger partial charge in [0.15, 0.2) is 0 Å². The number of para-hydroxylation sites is 1. The Balaban J connectivity index is 1.49. The number of fused-ring (bicyclic) bond motifs is 1. The molecular weight excluding hydrogens is 312 g/mol. The van der Waals surface area contributed by atoms with Crippen LogP contribution in [0.15, 0.2) is 73.3 Å². The van der Waals surface area contributed by atoms with E-state index in [2.05, 4.69) is 15.3 Å². The predicted octanol–water partition coefficient (Wildman–Crippen LogP) is 3.84. The number of aromatic nitrogens is 3. The summed E-state index contributed by atoms with van der Waals surface area (Å²) in [7, 11) is 0. The molecule has 0 fully saturated rings. The van der Waals surface area contributed by atoms with Crippen LogP contribution in [0.25, 0.3) is 16.6 Å². The molecule has 0 aliphatic heterocycles. The first-order valence-electron chi connectivity index (χ1n) is 8.17. The molecular formula is C20H18N4O. The fourth-order valence-electron chi connectivity index (χ4n) is 2.90. The number of amides is 1. The van der Waals surface area contributed by atoms with Gasteiger partial charge in [-0.3, -0.25) is 4.79 Å². The monoisotopic (exact) mass is 330 g/mol. The number of imidazole rings is 1. The molecule has 0 radical (unpaired) electrons. The summed E-state index contributed by atoms with van der Waals surface area (Å²) in [6.07, 6.45) is 5.41. The smallest absolute Gasteiger partial charge is 0.268 e. The number of rotatable bonds is 4. The van der Waals surface area contributed by atoms with Crippen molar-refractivity contribution in [1.29, 1.82) is 0 Å². The second-order valence-corrected chi connectivity index (χ2v) is 6.03. The van der Waals surface area contributed by atoms with Crippen molar-refractivity contribution in [3.63, 3.8) is 0 Å². The largest absolute Gasteiger partial charge is 0.351 e. The highest BCUT2D eigenvalue weighted by molar-refractivity contribution is 5.98. The lowest BCUT2D eigenvalue weighted by molar-refractivity contribution is 0.0935. The number of carbonyl (C=O) groups is 1. The SMILES string of the molecule is CC(NC(=O)c1cc2ccccc2[nH]1)c1ccc(-n2ccnc2)cc1. The van der Waals surface area contributed by atoms with E-state index >= 15 is 0 Å². The Morgan fingerprint density at radius 1 is 1.16 bits per heavy atom. The first-order valence-corrected chi connectivity index (χ1v) is 8.17. The van der Waals surface area contributed by atoms with Crippen molar-refractivity contribution in [1.82, 2.24) is 19.9 Å². The van der Waals surface area contributed by atoms with E-state index in [1.165, 1.54) is 0 Å². The molecule has 1 amide bonds. The highest BCUT2D eigenvalue weighted by atomic mass is 16.1. The number of hydrogen-bond acceptors (Lipinski definition) is 2. The fraction of sp³-hybridized carbons (Fsp3) is 0.100. The summed E-state index contributed by atoms with van der Waals surface area (Å²) in [5.74, 6) is -0.109. The van der Waals surface area contributed by atoms with Crippen molar-refractivity contribution in [3.05, 3.63) is 84.6 Å². The van der Waals surface area contributed by atoms with Gasteiger partial charge in [-0.05, 0) is 36.8 Å². The Kier molecular flexibility index (Phi) is 3.82. The number of nitrogens with zero attached hydrogens (tertiary/aromatic N) is 2. The quantitative estimate of drug-likeness (QED) is 0.597.